The lowest BCUT2D eigenvalue weighted by molar-refractivity contribution is 0.711. The molecule has 0 amide bonds. The molecule has 3 unspecified atom stereocenters. The second-order valence-corrected chi connectivity index (χ2v) is 16.2. The highest BCUT2D eigenvalue weighted by Crippen LogP contribution is 2.62. The van der Waals surface area contributed by atoms with Gasteiger partial charge in [-0.2, -0.15) is 10.5 Å². The molecule has 2 heteroatoms. The third kappa shape index (κ3) is 4.03. The highest BCUT2D eigenvalue weighted by molar-refractivity contribution is 6.25. The van der Waals surface area contributed by atoms with Crippen molar-refractivity contribution in [1.82, 2.24) is 0 Å². The third-order valence-electron chi connectivity index (χ3n) is 13.2. The highest BCUT2D eigenvalue weighted by atomic mass is 14.5. The summed E-state index contributed by atoms with van der Waals surface area (Å²) < 4.78 is 0. The van der Waals surface area contributed by atoms with Crippen molar-refractivity contribution in [3.05, 3.63) is 179 Å². The Morgan fingerprint density at radius 2 is 1.30 bits per heavy atom. The molecule has 0 N–H and O–H groups in total. The smallest absolute Gasteiger partial charge is 0.0998 e. The van der Waals surface area contributed by atoms with E-state index in [9.17, 15) is 10.5 Å². The van der Waals surface area contributed by atoms with E-state index in [4.69, 9.17) is 0 Å². The molecule has 0 saturated heterocycles. The Morgan fingerprint density at radius 3 is 2.20 bits per heavy atom. The van der Waals surface area contributed by atoms with Gasteiger partial charge in [0.1, 0.15) is 0 Å². The summed E-state index contributed by atoms with van der Waals surface area (Å²) in [5, 5.41) is 29.0. The highest BCUT2D eigenvalue weighted by Gasteiger charge is 2.42. The Hall–Kier alpha value is -7.00. The van der Waals surface area contributed by atoms with E-state index in [0.29, 0.717) is 5.56 Å². The monoisotopic (exact) mass is 710 g/mol. The molecule has 12 rings (SSSR count). The summed E-state index contributed by atoms with van der Waals surface area (Å²) in [5.74, 6) is -0.376. The zero-order valence-corrected chi connectivity index (χ0v) is 31.1. The van der Waals surface area contributed by atoms with Gasteiger partial charge in [0.2, 0.25) is 0 Å². The van der Waals surface area contributed by atoms with Gasteiger partial charge in [0.05, 0.1) is 23.6 Å². The molecule has 4 aliphatic carbocycles. The maximum Gasteiger partial charge on any atom is 0.0998 e. The minimum Gasteiger partial charge on any atom is -0.198 e. The molecule has 3 atom stereocenters. The van der Waals surface area contributed by atoms with Gasteiger partial charge in [-0.1, -0.05) is 126 Å². The van der Waals surface area contributed by atoms with Crippen molar-refractivity contribution in [1.29, 1.82) is 10.5 Å². The first kappa shape index (κ1) is 31.4. The summed E-state index contributed by atoms with van der Waals surface area (Å²) in [6, 6.07) is 50.1. The normalized spacial score (nSPS) is 17.9. The van der Waals surface area contributed by atoms with Crippen LogP contribution in [-0.2, 0) is 6.42 Å². The molecule has 8 aromatic rings. The van der Waals surface area contributed by atoms with Gasteiger partial charge in [0, 0.05) is 17.4 Å². The molecule has 0 radical (unpaired) electrons. The number of hydrogen-bond acceptors (Lipinski definition) is 2. The van der Waals surface area contributed by atoms with Gasteiger partial charge in [-0.3, -0.25) is 0 Å². The fourth-order valence-electron chi connectivity index (χ4n) is 11.0. The molecule has 260 valence electrons. The maximum atomic E-state index is 10.8. The van der Waals surface area contributed by atoms with Crippen LogP contribution in [0.15, 0.2) is 145 Å². The first-order valence-corrected chi connectivity index (χ1v) is 19.6. The Kier molecular flexibility index (Phi) is 6.31. The summed E-state index contributed by atoms with van der Waals surface area (Å²) in [4.78, 5) is 0. The number of allylic oxidation sites excluding steroid dienone is 4. The van der Waals surface area contributed by atoms with Crippen LogP contribution in [-0.4, -0.2) is 0 Å². The SMILES string of the molecule is CC1=CC(c2c3c(c(-c4cc(C)ccc4C#N)c4cc5c(cc24)-c2cccc4c2c-5cc2ccccc24)C2Cc4ccccc4-c4cccc-3c42)C(C#N)C=C1. The molecule has 0 spiro atoms. The van der Waals surface area contributed by atoms with Crippen molar-refractivity contribution in [2.75, 3.05) is 0 Å². The van der Waals surface area contributed by atoms with E-state index >= 15 is 0 Å². The summed E-state index contributed by atoms with van der Waals surface area (Å²) in [6.07, 6.45) is 7.42. The van der Waals surface area contributed by atoms with Crippen molar-refractivity contribution >= 4 is 32.3 Å². The zero-order chi connectivity index (χ0) is 37.4. The van der Waals surface area contributed by atoms with Gasteiger partial charge in [-0.15, -0.1) is 0 Å². The number of nitriles is 2. The summed E-state index contributed by atoms with van der Waals surface area (Å²) in [7, 11) is 0. The molecule has 2 nitrogen and oxygen atoms in total. The quantitative estimate of drug-likeness (QED) is 0.168. The topological polar surface area (TPSA) is 47.6 Å². The number of benzene rings is 8. The van der Waals surface area contributed by atoms with Crippen LogP contribution >= 0.6 is 0 Å². The third-order valence-corrected chi connectivity index (χ3v) is 13.2. The first-order chi connectivity index (χ1) is 27.5. The number of aryl methyl sites for hydroxylation is 1. The van der Waals surface area contributed by atoms with Crippen molar-refractivity contribution in [3.8, 4) is 67.8 Å². The average molecular weight is 711 g/mol. The Balaban J connectivity index is 1.31. The number of rotatable bonds is 2. The van der Waals surface area contributed by atoms with E-state index in [0.717, 1.165) is 33.9 Å². The second-order valence-electron chi connectivity index (χ2n) is 16.2. The fraction of sp³-hybridized carbons (Fsp3) is 0.111. The van der Waals surface area contributed by atoms with E-state index < -0.39 is 0 Å². The molecular formula is C54H34N2. The molecular weight excluding hydrogens is 677 g/mol. The van der Waals surface area contributed by atoms with Gasteiger partial charge in [-0.05, 0) is 149 Å². The van der Waals surface area contributed by atoms with E-state index in [2.05, 4.69) is 159 Å². The molecule has 0 fully saturated rings. The van der Waals surface area contributed by atoms with Crippen LogP contribution in [0.25, 0.3) is 88.0 Å². The van der Waals surface area contributed by atoms with Crippen molar-refractivity contribution in [3.63, 3.8) is 0 Å². The van der Waals surface area contributed by atoms with Crippen LogP contribution in [0.2, 0.25) is 0 Å². The number of fused-ring (bicyclic) bond motifs is 11. The van der Waals surface area contributed by atoms with E-state index in [1.165, 1.54) is 93.9 Å². The standard InChI is InChI=1S/C54H34N2/c1-29-17-19-33(27-55)41(21-29)51-46-25-43-39-15-7-13-37-35-11-5-3-9-31(35)23-45(49(37)39)44(43)26-47(46)52(42-22-30(2)18-20-34(42)28-56)54-48-24-32-10-4-6-12-36(32)38-14-8-16-40(50(38)48)53(51)54/h3-23,25-26,33,41,48H,24H2,1-2H3. The maximum absolute atomic E-state index is 10.8. The summed E-state index contributed by atoms with van der Waals surface area (Å²) >= 11 is 0. The minimum absolute atomic E-state index is 0.0962. The van der Waals surface area contributed by atoms with Gasteiger partial charge in [-0.25, -0.2) is 0 Å². The van der Waals surface area contributed by atoms with Crippen LogP contribution in [0.4, 0.5) is 0 Å². The summed E-state index contributed by atoms with van der Waals surface area (Å²) in [6.45, 7) is 4.28. The van der Waals surface area contributed by atoms with E-state index in [1.54, 1.807) is 0 Å². The first-order valence-electron chi connectivity index (χ1n) is 19.6. The molecule has 8 aromatic carbocycles. The average Bonchev–Trinajstić information content (AvgIpc) is 3.72. The van der Waals surface area contributed by atoms with E-state index in [-0.39, 0.29) is 17.8 Å². The Bertz CT molecular complexity index is 3290. The molecule has 0 heterocycles. The number of nitrogens with zero attached hydrogens (tertiary/aromatic N) is 2. The molecule has 0 aromatic heterocycles. The predicted octanol–water partition coefficient (Wildman–Crippen LogP) is 13.7. The lowest BCUT2D eigenvalue weighted by atomic mass is 9.72. The summed E-state index contributed by atoms with van der Waals surface area (Å²) in [5.41, 5.74) is 20.4. The van der Waals surface area contributed by atoms with Crippen molar-refractivity contribution in [2.45, 2.75) is 32.1 Å². The lowest BCUT2D eigenvalue weighted by Gasteiger charge is -2.30. The van der Waals surface area contributed by atoms with Crippen LogP contribution in [0, 0.1) is 35.5 Å². The van der Waals surface area contributed by atoms with E-state index in [1.807, 2.05) is 6.07 Å². The fourth-order valence-corrected chi connectivity index (χ4v) is 11.0. The Morgan fingerprint density at radius 1 is 0.554 bits per heavy atom. The van der Waals surface area contributed by atoms with Gasteiger partial charge >= 0.3 is 0 Å². The van der Waals surface area contributed by atoms with Crippen molar-refractivity contribution < 1.29 is 0 Å². The Labute approximate surface area is 325 Å². The zero-order valence-electron chi connectivity index (χ0n) is 31.1. The molecule has 4 aliphatic rings. The largest absolute Gasteiger partial charge is 0.198 e. The predicted molar refractivity (Wildman–Crippen MR) is 229 cm³/mol. The van der Waals surface area contributed by atoms with Crippen LogP contribution in [0.3, 0.4) is 0 Å². The van der Waals surface area contributed by atoms with Crippen LogP contribution in [0.1, 0.15) is 52.1 Å². The van der Waals surface area contributed by atoms with Gasteiger partial charge < -0.3 is 0 Å². The van der Waals surface area contributed by atoms with Gasteiger partial charge in [0.25, 0.3) is 0 Å². The molecule has 0 saturated carbocycles. The lowest BCUT2D eigenvalue weighted by Crippen LogP contribution is -2.14. The number of hydrogen-bond donors (Lipinski definition) is 0. The van der Waals surface area contributed by atoms with Crippen LogP contribution < -0.4 is 0 Å². The molecule has 0 aliphatic heterocycles. The molecule has 0 bridgehead atoms. The molecule has 56 heavy (non-hydrogen) atoms. The van der Waals surface area contributed by atoms with Crippen molar-refractivity contribution in [2.24, 2.45) is 5.92 Å². The van der Waals surface area contributed by atoms with Gasteiger partial charge in [0.15, 0.2) is 0 Å². The second kappa shape index (κ2) is 11.3. The van der Waals surface area contributed by atoms with Crippen LogP contribution in [0.5, 0.6) is 0 Å². The minimum atomic E-state index is -0.322.